The van der Waals surface area contributed by atoms with E-state index >= 15 is 0 Å². The second-order valence-corrected chi connectivity index (χ2v) is 11.2. The number of hydrogen-bond acceptors (Lipinski definition) is 11. The third-order valence-electron chi connectivity index (χ3n) is 8.02. The predicted molar refractivity (Wildman–Crippen MR) is 169 cm³/mol. The number of aromatic nitrogens is 3. The summed E-state index contributed by atoms with van der Waals surface area (Å²) in [6, 6.07) is 16.5. The molecule has 0 radical (unpaired) electrons. The van der Waals surface area contributed by atoms with Crippen LogP contribution in [0.15, 0.2) is 82.1 Å². The molecule has 3 aromatic carbocycles. The van der Waals surface area contributed by atoms with Crippen LogP contribution in [0.3, 0.4) is 0 Å². The maximum atomic E-state index is 13.3. The molecule has 0 aliphatic carbocycles. The first-order valence-electron chi connectivity index (χ1n) is 14.8. The zero-order valence-electron chi connectivity index (χ0n) is 24.9. The number of piperidine rings is 1. The van der Waals surface area contributed by atoms with Crippen molar-refractivity contribution in [2.75, 3.05) is 10.6 Å². The molecule has 48 heavy (non-hydrogen) atoms. The number of amides is 5. The van der Waals surface area contributed by atoms with Gasteiger partial charge >= 0.3 is 5.63 Å². The summed E-state index contributed by atoms with van der Waals surface area (Å²) in [6.07, 6.45) is 1.63. The quantitative estimate of drug-likeness (QED) is 0.142. The Balaban J connectivity index is 0.970. The van der Waals surface area contributed by atoms with Gasteiger partial charge in [-0.05, 0) is 54.4 Å². The molecule has 2 aliphatic rings. The Morgan fingerprint density at radius 2 is 1.79 bits per heavy atom. The number of benzene rings is 3. The lowest BCUT2D eigenvalue weighted by molar-refractivity contribution is -0.136. The molecule has 1 saturated heterocycles. The van der Waals surface area contributed by atoms with E-state index < -0.39 is 35.3 Å². The summed E-state index contributed by atoms with van der Waals surface area (Å²) in [7, 11) is 0. The Bertz CT molecular complexity index is 2220. The lowest BCUT2D eigenvalue weighted by Gasteiger charge is -2.27. The van der Waals surface area contributed by atoms with Gasteiger partial charge in [0.15, 0.2) is 0 Å². The second-order valence-electron chi connectivity index (χ2n) is 11.2. The van der Waals surface area contributed by atoms with E-state index in [1.165, 1.54) is 22.9 Å². The highest BCUT2D eigenvalue weighted by molar-refractivity contribution is 6.25. The molecule has 7 rings (SSSR count). The van der Waals surface area contributed by atoms with Crippen LogP contribution in [0, 0.1) is 0 Å². The molecule has 5 aromatic rings. The van der Waals surface area contributed by atoms with Crippen molar-refractivity contribution in [2.45, 2.75) is 32.0 Å². The Kier molecular flexibility index (Phi) is 7.47. The maximum Gasteiger partial charge on any atom is 0.344 e. The molecule has 1 fully saturated rings. The summed E-state index contributed by atoms with van der Waals surface area (Å²) in [5.74, 6) is -2.77. The van der Waals surface area contributed by atoms with Crippen LogP contribution in [0.4, 0.5) is 11.4 Å². The normalized spacial score (nSPS) is 15.8. The van der Waals surface area contributed by atoms with E-state index in [2.05, 4.69) is 26.3 Å². The Labute approximate surface area is 270 Å². The van der Waals surface area contributed by atoms with Gasteiger partial charge in [0.25, 0.3) is 11.8 Å². The van der Waals surface area contributed by atoms with Crippen molar-refractivity contribution in [2.24, 2.45) is 0 Å². The molecule has 5 amide bonds. The lowest BCUT2D eigenvalue weighted by Crippen LogP contribution is -2.54. The number of carbonyl (C=O) groups is 5. The van der Waals surface area contributed by atoms with Crippen LogP contribution in [0.5, 0.6) is 5.75 Å². The number of phenolic OH excluding ortho intramolecular Hbond substituents is 1. The highest BCUT2D eigenvalue weighted by atomic mass is 16.4. The van der Waals surface area contributed by atoms with Crippen LogP contribution >= 0.6 is 0 Å². The molecule has 2 aromatic heterocycles. The van der Waals surface area contributed by atoms with Gasteiger partial charge in [-0.15, -0.1) is 5.10 Å². The Morgan fingerprint density at radius 1 is 0.979 bits per heavy atom. The van der Waals surface area contributed by atoms with Gasteiger partial charge in [-0.2, -0.15) is 0 Å². The Morgan fingerprint density at radius 3 is 2.58 bits per heavy atom. The average molecular weight is 648 g/mol. The van der Waals surface area contributed by atoms with Crippen molar-refractivity contribution in [1.29, 1.82) is 0 Å². The Hall–Kier alpha value is -6.64. The summed E-state index contributed by atoms with van der Waals surface area (Å²) < 4.78 is 6.68. The van der Waals surface area contributed by atoms with Gasteiger partial charge in [0, 0.05) is 29.2 Å². The van der Waals surface area contributed by atoms with E-state index in [4.69, 9.17) is 4.42 Å². The largest absolute Gasteiger partial charge is 0.508 e. The van der Waals surface area contributed by atoms with E-state index in [-0.39, 0.29) is 54.3 Å². The van der Waals surface area contributed by atoms with Gasteiger partial charge in [0.1, 0.15) is 29.6 Å². The summed E-state index contributed by atoms with van der Waals surface area (Å²) in [4.78, 5) is 76.4. The van der Waals surface area contributed by atoms with Crippen LogP contribution < -0.4 is 21.6 Å². The van der Waals surface area contributed by atoms with E-state index in [0.717, 1.165) is 4.90 Å². The zero-order valence-corrected chi connectivity index (χ0v) is 24.9. The van der Waals surface area contributed by atoms with Gasteiger partial charge < -0.3 is 20.2 Å². The van der Waals surface area contributed by atoms with Crippen LogP contribution in [0.25, 0.3) is 22.1 Å². The predicted octanol–water partition coefficient (Wildman–Crippen LogP) is 2.41. The summed E-state index contributed by atoms with van der Waals surface area (Å²) in [5.41, 5.74) is 2.19. The first kappa shape index (κ1) is 30.0. The first-order chi connectivity index (χ1) is 23.1. The first-order valence-corrected chi connectivity index (χ1v) is 14.8. The fourth-order valence-corrected chi connectivity index (χ4v) is 5.73. The number of fused-ring (bicyclic) bond motifs is 2. The van der Waals surface area contributed by atoms with Crippen LogP contribution in [-0.4, -0.2) is 60.6 Å². The number of imide groups is 2. The minimum Gasteiger partial charge on any atom is -0.508 e. The third kappa shape index (κ3) is 5.64. The minimum atomic E-state index is -1.07. The molecular weight excluding hydrogens is 622 g/mol. The number of nitrogens with one attached hydrogen (secondary N) is 3. The smallest absolute Gasteiger partial charge is 0.344 e. The molecule has 0 spiro atoms. The number of rotatable bonds is 8. The molecule has 4 N–H and O–H groups in total. The van der Waals surface area contributed by atoms with Crippen molar-refractivity contribution in [3.8, 4) is 16.9 Å². The van der Waals surface area contributed by atoms with Crippen LogP contribution in [0.1, 0.15) is 39.3 Å². The standard InChI is InChI=1S/C33H25N7O8/c41-21-9-6-18-12-23(33(47)48-26(18)13-21)17-4-7-19(8-5-17)35-28(43)16-39-15-20(37-38-39)14-34-24-3-1-2-22-29(24)32(46)40(31(22)45)25-10-11-27(42)36-30(25)44/h1-9,12-13,15,25,34,41H,10-11,14,16H2,(H,35,43)(H,36,42,44). The summed E-state index contributed by atoms with van der Waals surface area (Å²) in [6.45, 7) is -0.0339. The van der Waals surface area contributed by atoms with E-state index in [1.54, 1.807) is 54.7 Å². The fourth-order valence-electron chi connectivity index (χ4n) is 5.73. The molecular formula is C33H25N7O8. The fraction of sp³-hybridized carbons (Fsp3) is 0.152. The monoisotopic (exact) mass is 647 g/mol. The highest BCUT2D eigenvalue weighted by Gasteiger charge is 2.45. The number of anilines is 2. The minimum absolute atomic E-state index is 0.00892. The van der Waals surface area contributed by atoms with Gasteiger partial charge in [-0.3, -0.25) is 34.2 Å². The highest BCUT2D eigenvalue weighted by Crippen LogP contribution is 2.32. The van der Waals surface area contributed by atoms with E-state index in [1.807, 2.05) is 0 Å². The SMILES string of the molecule is O=C1CCC(N2C(=O)c3cccc(NCc4cn(CC(=O)Nc5ccc(-c6cc7ccc(O)cc7oc6=O)cc5)nn4)c3C2=O)C(=O)N1. The number of phenols is 1. The number of hydrogen-bond donors (Lipinski definition) is 4. The van der Waals surface area contributed by atoms with Gasteiger partial charge in [-0.1, -0.05) is 23.4 Å². The summed E-state index contributed by atoms with van der Waals surface area (Å²) >= 11 is 0. The topological polar surface area (TPSA) is 206 Å². The number of aromatic hydroxyl groups is 1. The average Bonchev–Trinajstić information content (AvgIpc) is 3.61. The van der Waals surface area contributed by atoms with Crippen molar-refractivity contribution >= 4 is 51.9 Å². The summed E-state index contributed by atoms with van der Waals surface area (Å²) in [5, 5.41) is 26.4. The molecule has 4 heterocycles. The number of nitrogens with zero attached hydrogens (tertiary/aromatic N) is 4. The van der Waals surface area contributed by atoms with Crippen molar-refractivity contribution in [3.63, 3.8) is 0 Å². The maximum absolute atomic E-state index is 13.3. The van der Waals surface area contributed by atoms with Crippen molar-refractivity contribution in [3.05, 3.63) is 100 Å². The molecule has 0 saturated carbocycles. The van der Waals surface area contributed by atoms with Gasteiger partial charge in [0.05, 0.1) is 29.4 Å². The van der Waals surface area contributed by atoms with E-state index in [0.29, 0.717) is 33.6 Å². The molecule has 2 aliphatic heterocycles. The third-order valence-corrected chi connectivity index (χ3v) is 8.02. The van der Waals surface area contributed by atoms with Crippen molar-refractivity contribution < 1.29 is 33.5 Å². The van der Waals surface area contributed by atoms with Crippen LogP contribution in [0.2, 0.25) is 0 Å². The zero-order chi connectivity index (χ0) is 33.5. The molecule has 240 valence electrons. The molecule has 1 atom stereocenters. The molecule has 15 heteroatoms. The molecule has 1 unspecified atom stereocenters. The van der Waals surface area contributed by atoms with Gasteiger partial charge in [0.2, 0.25) is 17.7 Å². The molecule has 0 bridgehead atoms. The van der Waals surface area contributed by atoms with Crippen LogP contribution in [-0.2, 0) is 27.5 Å². The van der Waals surface area contributed by atoms with E-state index in [9.17, 15) is 33.9 Å². The van der Waals surface area contributed by atoms with Crippen molar-refractivity contribution in [1.82, 2.24) is 25.2 Å². The number of carbonyl (C=O) groups excluding carboxylic acids is 5. The van der Waals surface area contributed by atoms with Gasteiger partial charge in [-0.25, -0.2) is 9.48 Å². The molecule has 15 nitrogen and oxygen atoms in total. The second kappa shape index (κ2) is 11.9. The lowest BCUT2D eigenvalue weighted by atomic mass is 10.0.